The number of hydrogen-bond donors (Lipinski definition) is 1. The van der Waals surface area contributed by atoms with Crippen LogP contribution in [0.5, 0.6) is 0 Å². The summed E-state index contributed by atoms with van der Waals surface area (Å²) in [5.41, 5.74) is -5.31. The first-order valence-electron chi connectivity index (χ1n) is 13.3. The maximum atomic E-state index is 15.6. The number of carbonyl (C=O) groups excluding carboxylic acids is 3. The van der Waals surface area contributed by atoms with E-state index in [0.717, 1.165) is 12.3 Å². The van der Waals surface area contributed by atoms with Gasteiger partial charge < -0.3 is 18.9 Å². The van der Waals surface area contributed by atoms with E-state index >= 15 is 13.2 Å². The van der Waals surface area contributed by atoms with Crippen LogP contribution in [0.3, 0.4) is 0 Å². The lowest BCUT2D eigenvalue weighted by atomic mass is 9.91. The first-order valence-corrected chi connectivity index (χ1v) is 13.7. The van der Waals surface area contributed by atoms with Crippen molar-refractivity contribution in [3.8, 4) is 0 Å². The number of alkyl halides is 3. The van der Waals surface area contributed by atoms with Crippen molar-refractivity contribution < 1.29 is 46.5 Å². The predicted molar refractivity (Wildman–Crippen MR) is 153 cm³/mol. The molecule has 14 heteroatoms. The fourth-order valence-corrected chi connectivity index (χ4v) is 4.90. The molecule has 5 rings (SSSR count). The van der Waals surface area contributed by atoms with Crippen LogP contribution in [0.1, 0.15) is 37.3 Å². The van der Waals surface area contributed by atoms with E-state index in [2.05, 4.69) is 4.98 Å². The van der Waals surface area contributed by atoms with Crippen LogP contribution in [-0.2, 0) is 18.9 Å². The van der Waals surface area contributed by atoms with Crippen LogP contribution in [0, 0.1) is 4.64 Å². The Morgan fingerprint density at radius 1 is 0.822 bits per heavy atom. The zero-order chi connectivity index (χ0) is 32.2. The van der Waals surface area contributed by atoms with Crippen molar-refractivity contribution in [3.05, 3.63) is 135 Å². The molecule has 1 fully saturated rings. The third-order valence-electron chi connectivity index (χ3n) is 6.88. The SMILES string of the molecule is O=C(OCC1OC(n2ccc(=S)[nH]c2=O)C(OC(=O)c2ccccc2)(C(F)(F)F)C1OC(=O)c1ccccc1)c1ccccc1. The molecule has 0 bridgehead atoms. The molecule has 3 aromatic carbocycles. The normalized spacial score (nSPS) is 21.1. The maximum Gasteiger partial charge on any atom is 0.436 e. The number of ether oxygens (including phenoxy) is 4. The number of nitrogens with zero attached hydrogens (tertiary/aromatic N) is 1. The Labute approximate surface area is 257 Å². The number of carbonyl (C=O) groups is 3. The van der Waals surface area contributed by atoms with E-state index in [9.17, 15) is 19.2 Å². The van der Waals surface area contributed by atoms with Gasteiger partial charge in [-0.1, -0.05) is 66.8 Å². The fraction of sp³-hybridized carbons (Fsp3) is 0.194. The molecule has 0 aliphatic carbocycles. The number of H-pyrrole nitrogens is 1. The third-order valence-corrected chi connectivity index (χ3v) is 7.12. The van der Waals surface area contributed by atoms with Crippen LogP contribution in [0.15, 0.2) is 108 Å². The molecule has 4 unspecified atom stereocenters. The van der Waals surface area contributed by atoms with Crippen molar-refractivity contribution in [2.75, 3.05) is 6.61 Å². The maximum absolute atomic E-state index is 15.6. The molecule has 0 spiro atoms. The number of nitrogens with one attached hydrogen (secondary N) is 1. The van der Waals surface area contributed by atoms with E-state index in [0.29, 0.717) is 4.57 Å². The van der Waals surface area contributed by atoms with Crippen molar-refractivity contribution in [1.82, 2.24) is 9.55 Å². The first-order chi connectivity index (χ1) is 21.5. The van der Waals surface area contributed by atoms with Gasteiger partial charge in [-0.25, -0.2) is 19.2 Å². The molecular formula is C31H23F3N2O8S. The third kappa shape index (κ3) is 6.42. The van der Waals surface area contributed by atoms with Gasteiger partial charge in [0.05, 0.1) is 16.7 Å². The first kappa shape index (κ1) is 31.3. The molecular weight excluding hydrogens is 617 g/mol. The largest absolute Gasteiger partial charge is 0.459 e. The molecule has 10 nitrogen and oxygen atoms in total. The number of esters is 3. The number of rotatable bonds is 8. The van der Waals surface area contributed by atoms with E-state index in [1.54, 1.807) is 24.3 Å². The molecule has 1 aromatic heterocycles. The molecule has 45 heavy (non-hydrogen) atoms. The molecule has 4 atom stereocenters. The minimum atomic E-state index is -5.55. The molecule has 4 aromatic rings. The lowest BCUT2D eigenvalue weighted by Crippen LogP contribution is -2.62. The highest BCUT2D eigenvalue weighted by atomic mass is 32.1. The summed E-state index contributed by atoms with van der Waals surface area (Å²) in [5, 5.41) is 0. The van der Waals surface area contributed by atoms with Crippen LogP contribution in [0.25, 0.3) is 0 Å². The fourth-order valence-electron chi connectivity index (χ4n) is 4.76. The summed E-state index contributed by atoms with van der Waals surface area (Å²) in [6.45, 7) is -0.894. The minimum absolute atomic E-state index is 0.0781. The van der Waals surface area contributed by atoms with Gasteiger partial charge in [-0.2, -0.15) is 13.2 Å². The van der Waals surface area contributed by atoms with Gasteiger partial charge >= 0.3 is 29.8 Å². The summed E-state index contributed by atoms with van der Waals surface area (Å²) in [6, 6.07) is 22.6. The van der Waals surface area contributed by atoms with E-state index in [4.69, 9.17) is 31.2 Å². The summed E-state index contributed by atoms with van der Waals surface area (Å²) >= 11 is 4.93. The Morgan fingerprint density at radius 3 is 1.84 bits per heavy atom. The standard InChI is InChI=1S/C31H23F3N2O8S/c32-31(33,34)30(44-27(39)21-14-8-3-9-15-21)24(43-26(38)20-12-6-2-7-13-20)22(18-41-25(37)19-10-4-1-5-11-19)42-28(30)36-17-16-23(45)35-29(36)40/h1-17,22,24,28H,18H2,(H,35,40,45). The molecule has 1 aliphatic heterocycles. The van der Waals surface area contributed by atoms with Gasteiger partial charge in [-0.15, -0.1) is 0 Å². The molecule has 0 amide bonds. The lowest BCUT2D eigenvalue weighted by Gasteiger charge is -2.38. The highest BCUT2D eigenvalue weighted by molar-refractivity contribution is 7.71. The second-order valence-electron chi connectivity index (χ2n) is 9.75. The second-order valence-corrected chi connectivity index (χ2v) is 10.2. The van der Waals surface area contributed by atoms with Crippen molar-refractivity contribution in [2.24, 2.45) is 0 Å². The highest BCUT2D eigenvalue weighted by Crippen LogP contribution is 2.52. The van der Waals surface area contributed by atoms with E-state index in [1.165, 1.54) is 66.7 Å². The van der Waals surface area contributed by atoms with Crippen molar-refractivity contribution in [2.45, 2.75) is 30.2 Å². The second kappa shape index (κ2) is 12.9. The number of aromatic nitrogens is 2. The van der Waals surface area contributed by atoms with E-state index in [-0.39, 0.29) is 21.3 Å². The van der Waals surface area contributed by atoms with Gasteiger partial charge in [0.1, 0.15) is 17.4 Å². The smallest absolute Gasteiger partial charge is 0.436 e. The molecule has 1 N–H and O–H groups in total. The van der Waals surface area contributed by atoms with Gasteiger partial charge in [0.15, 0.2) is 12.3 Å². The van der Waals surface area contributed by atoms with Crippen LogP contribution in [0.2, 0.25) is 0 Å². The Bertz CT molecular complexity index is 1800. The summed E-state index contributed by atoms with van der Waals surface area (Å²) < 4.78 is 68.8. The minimum Gasteiger partial charge on any atom is -0.459 e. The molecule has 1 aliphatic rings. The Kier molecular flexibility index (Phi) is 8.97. The zero-order valence-corrected chi connectivity index (χ0v) is 23.8. The molecule has 0 radical (unpaired) electrons. The van der Waals surface area contributed by atoms with Gasteiger partial charge in [0.2, 0.25) is 0 Å². The van der Waals surface area contributed by atoms with Crippen LogP contribution < -0.4 is 5.69 Å². The van der Waals surface area contributed by atoms with Crippen LogP contribution in [0.4, 0.5) is 13.2 Å². The summed E-state index contributed by atoms with van der Waals surface area (Å²) in [5.74, 6) is -3.61. The summed E-state index contributed by atoms with van der Waals surface area (Å²) in [4.78, 5) is 54.5. The van der Waals surface area contributed by atoms with Crippen LogP contribution >= 0.6 is 12.2 Å². The Morgan fingerprint density at radius 2 is 1.33 bits per heavy atom. The number of aromatic amines is 1. The number of hydrogen-bond acceptors (Lipinski definition) is 9. The lowest BCUT2D eigenvalue weighted by molar-refractivity contribution is -0.302. The zero-order valence-electron chi connectivity index (χ0n) is 23.0. The number of benzene rings is 3. The average molecular weight is 641 g/mol. The Hall–Kier alpha value is -5.08. The van der Waals surface area contributed by atoms with Gasteiger partial charge in [-0.3, -0.25) is 9.55 Å². The van der Waals surface area contributed by atoms with E-state index in [1.807, 2.05) is 0 Å². The average Bonchev–Trinajstić information content (AvgIpc) is 3.34. The summed E-state index contributed by atoms with van der Waals surface area (Å²) in [6.07, 6.45) is -11.5. The van der Waals surface area contributed by atoms with Gasteiger partial charge in [0.25, 0.3) is 5.60 Å². The molecule has 0 saturated carbocycles. The van der Waals surface area contributed by atoms with Crippen molar-refractivity contribution >= 4 is 30.1 Å². The van der Waals surface area contributed by atoms with Gasteiger partial charge in [-0.05, 0) is 42.5 Å². The topological polar surface area (TPSA) is 126 Å². The number of halogens is 3. The van der Waals surface area contributed by atoms with Crippen LogP contribution in [-0.4, -0.2) is 58.1 Å². The predicted octanol–water partition coefficient (Wildman–Crippen LogP) is 5.04. The Balaban J connectivity index is 1.65. The highest BCUT2D eigenvalue weighted by Gasteiger charge is 2.76. The molecule has 1 saturated heterocycles. The molecule has 2 heterocycles. The van der Waals surface area contributed by atoms with E-state index < -0.39 is 60.4 Å². The summed E-state index contributed by atoms with van der Waals surface area (Å²) in [7, 11) is 0. The molecule has 232 valence electrons. The van der Waals surface area contributed by atoms with Crippen molar-refractivity contribution in [3.63, 3.8) is 0 Å². The van der Waals surface area contributed by atoms with Crippen molar-refractivity contribution in [1.29, 1.82) is 0 Å². The monoisotopic (exact) mass is 640 g/mol. The quantitative estimate of drug-likeness (QED) is 0.160. The van der Waals surface area contributed by atoms with Gasteiger partial charge in [0, 0.05) is 6.20 Å².